The van der Waals surface area contributed by atoms with Gasteiger partial charge in [-0.25, -0.2) is 0 Å². The molecule has 2 aromatic rings. The van der Waals surface area contributed by atoms with Gasteiger partial charge in [-0.3, -0.25) is 9.59 Å². The second-order valence-corrected chi connectivity index (χ2v) is 6.45. The summed E-state index contributed by atoms with van der Waals surface area (Å²) < 4.78 is 0. The maximum absolute atomic E-state index is 12.2. The van der Waals surface area contributed by atoms with Crippen molar-refractivity contribution in [2.24, 2.45) is 0 Å². The largest absolute Gasteiger partial charge is 0.334 e. The van der Waals surface area contributed by atoms with Crippen LogP contribution in [0.2, 0.25) is 5.02 Å². The van der Waals surface area contributed by atoms with Gasteiger partial charge in [-0.15, -0.1) is 0 Å². The molecule has 0 fully saturated rings. The summed E-state index contributed by atoms with van der Waals surface area (Å²) in [6, 6.07) is 15.5. The lowest BCUT2D eigenvalue weighted by molar-refractivity contribution is -0.132. The summed E-state index contributed by atoms with van der Waals surface area (Å²) in [5.41, 5.74) is 2.81. The van der Waals surface area contributed by atoms with Crippen LogP contribution in [-0.4, -0.2) is 29.8 Å². The van der Waals surface area contributed by atoms with Crippen LogP contribution in [-0.2, 0) is 16.0 Å². The van der Waals surface area contributed by atoms with Crippen LogP contribution in [0.1, 0.15) is 24.5 Å². The van der Waals surface area contributed by atoms with E-state index in [1.54, 1.807) is 17.0 Å². The molecule has 0 aliphatic heterocycles. The minimum absolute atomic E-state index is 0.0373. The molecule has 0 aliphatic carbocycles. The second-order valence-electron chi connectivity index (χ2n) is 6.04. The van der Waals surface area contributed by atoms with Gasteiger partial charge in [0.05, 0.1) is 6.54 Å². The molecule has 0 saturated heterocycles. The molecule has 5 heteroatoms. The summed E-state index contributed by atoms with van der Waals surface area (Å²) in [6.07, 6.45) is 1.69. The molecule has 2 amide bonds. The normalized spacial score (nSPS) is 10.4. The van der Waals surface area contributed by atoms with Gasteiger partial charge < -0.3 is 10.2 Å². The minimum Gasteiger partial charge on any atom is -0.334 e. The van der Waals surface area contributed by atoms with Crippen molar-refractivity contribution < 1.29 is 9.59 Å². The van der Waals surface area contributed by atoms with Gasteiger partial charge in [0.25, 0.3) is 0 Å². The predicted octanol–water partition coefficient (Wildman–Crippen LogP) is 4.07. The Morgan fingerprint density at radius 3 is 2.48 bits per heavy atom. The van der Waals surface area contributed by atoms with Crippen molar-refractivity contribution in [2.45, 2.75) is 26.7 Å². The SMILES string of the molecule is CC(=O)N(CCCc1ccccc1)CC(=O)Nc1ccc(C)c(Cl)c1. The van der Waals surface area contributed by atoms with Crippen LogP contribution < -0.4 is 5.32 Å². The van der Waals surface area contributed by atoms with Crippen LogP contribution >= 0.6 is 11.6 Å². The fraction of sp³-hybridized carbons (Fsp3) is 0.300. The van der Waals surface area contributed by atoms with Crippen molar-refractivity contribution >= 4 is 29.1 Å². The molecule has 1 N–H and O–H groups in total. The average molecular weight is 359 g/mol. The van der Waals surface area contributed by atoms with Gasteiger partial charge >= 0.3 is 0 Å². The van der Waals surface area contributed by atoms with Gasteiger partial charge in [-0.05, 0) is 43.0 Å². The first-order valence-electron chi connectivity index (χ1n) is 8.31. The fourth-order valence-electron chi connectivity index (χ4n) is 2.51. The second kappa shape index (κ2) is 9.23. The maximum atomic E-state index is 12.2. The molecular formula is C20H23ClN2O2. The highest BCUT2D eigenvalue weighted by Crippen LogP contribution is 2.19. The van der Waals surface area contributed by atoms with Gasteiger partial charge in [-0.1, -0.05) is 48.0 Å². The van der Waals surface area contributed by atoms with E-state index < -0.39 is 0 Å². The summed E-state index contributed by atoms with van der Waals surface area (Å²) in [6.45, 7) is 3.97. The summed E-state index contributed by atoms with van der Waals surface area (Å²) in [5.74, 6) is -0.333. The van der Waals surface area contributed by atoms with E-state index in [9.17, 15) is 9.59 Å². The number of hydrogen-bond donors (Lipinski definition) is 1. The van der Waals surface area contributed by atoms with E-state index in [0.29, 0.717) is 17.3 Å². The fourth-order valence-corrected chi connectivity index (χ4v) is 2.69. The van der Waals surface area contributed by atoms with Crippen molar-refractivity contribution in [1.82, 2.24) is 4.90 Å². The molecule has 0 unspecified atom stereocenters. The number of carbonyl (C=O) groups excluding carboxylic acids is 2. The number of rotatable bonds is 7. The Kier molecular flexibility index (Phi) is 7.02. The molecule has 0 aliphatic rings. The highest BCUT2D eigenvalue weighted by atomic mass is 35.5. The molecular weight excluding hydrogens is 336 g/mol. The minimum atomic E-state index is -0.227. The number of nitrogens with zero attached hydrogens (tertiary/aromatic N) is 1. The van der Waals surface area contributed by atoms with Crippen LogP contribution in [0.5, 0.6) is 0 Å². The van der Waals surface area contributed by atoms with Crippen molar-refractivity contribution in [2.75, 3.05) is 18.4 Å². The maximum Gasteiger partial charge on any atom is 0.243 e. The molecule has 0 saturated carbocycles. The Morgan fingerprint density at radius 1 is 1.12 bits per heavy atom. The number of carbonyl (C=O) groups is 2. The Labute approximate surface area is 153 Å². The summed E-state index contributed by atoms with van der Waals surface area (Å²) in [5, 5.41) is 3.39. The zero-order chi connectivity index (χ0) is 18.2. The zero-order valence-corrected chi connectivity index (χ0v) is 15.3. The first-order chi connectivity index (χ1) is 12.0. The van der Waals surface area contributed by atoms with E-state index in [1.807, 2.05) is 31.2 Å². The lowest BCUT2D eigenvalue weighted by atomic mass is 10.1. The van der Waals surface area contributed by atoms with Crippen molar-refractivity contribution in [3.8, 4) is 0 Å². The third kappa shape index (κ3) is 6.24. The highest BCUT2D eigenvalue weighted by Gasteiger charge is 2.14. The molecule has 132 valence electrons. The van der Waals surface area contributed by atoms with E-state index in [4.69, 9.17) is 11.6 Å². The molecule has 0 heterocycles. The Balaban J connectivity index is 1.86. The summed E-state index contributed by atoms with van der Waals surface area (Å²) in [4.78, 5) is 25.6. The molecule has 0 bridgehead atoms. The number of hydrogen-bond acceptors (Lipinski definition) is 2. The van der Waals surface area contributed by atoms with Gasteiger partial charge in [0.15, 0.2) is 0 Å². The van der Waals surface area contributed by atoms with Gasteiger partial charge in [0.2, 0.25) is 11.8 Å². The number of aryl methyl sites for hydroxylation is 2. The van der Waals surface area contributed by atoms with E-state index in [0.717, 1.165) is 18.4 Å². The molecule has 0 spiro atoms. The smallest absolute Gasteiger partial charge is 0.243 e. The summed E-state index contributed by atoms with van der Waals surface area (Å²) in [7, 11) is 0. The number of benzene rings is 2. The topological polar surface area (TPSA) is 49.4 Å². The molecule has 0 aromatic heterocycles. The predicted molar refractivity (Wildman–Crippen MR) is 102 cm³/mol. The zero-order valence-electron chi connectivity index (χ0n) is 14.6. The van der Waals surface area contributed by atoms with Gasteiger partial charge in [0.1, 0.15) is 0 Å². The van der Waals surface area contributed by atoms with Crippen molar-refractivity contribution in [1.29, 1.82) is 0 Å². The first kappa shape index (κ1) is 19.0. The quantitative estimate of drug-likeness (QED) is 0.811. The van der Waals surface area contributed by atoms with E-state index in [2.05, 4.69) is 17.4 Å². The number of anilines is 1. The summed E-state index contributed by atoms with van der Waals surface area (Å²) >= 11 is 6.06. The molecule has 2 aromatic carbocycles. The number of halogens is 1. The Morgan fingerprint density at radius 2 is 1.84 bits per heavy atom. The van der Waals surface area contributed by atoms with Crippen LogP contribution in [0.4, 0.5) is 5.69 Å². The van der Waals surface area contributed by atoms with Crippen LogP contribution in [0.25, 0.3) is 0 Å². The number of nitrogens with one attached hydrogen (secondary N) is 1. The lowest BCUT2D eigenvalue weighted by Gasteiger charge is -2.20. The van der Waals surface area contributed by atoms with Crippen LogP contribution in [0.15, 0.2) is 48.5 Å². The highest BCUT2D eigenvalue weighted by molar-refractivity contribution is 6.31. The Bertz CT molecular complexity index is 732. The Hall–Kier alpha value is -2.33. The third-order valence-corrected chi connectivity index (χ3v) is 4.38. The van der Waals surface area contributed by atoms with Crippen LogP contribution in [0.3, 0.4) is 0 Å². The molecule has 2 rings (SSSR count). The van der Waals surface area contributed by atoms with E-state index >= 15 is 0 Å². The molecule has 25 heavy (non-hydrogen) atoms. The van der Waals surface area contributed by atoms with Gasteiger partial charge in [0, 0.05) is 24.2 Å². The van der Waals surface area contributed by atoms with Crippen molar-refractivity contribution in [3.05, 3.63) is 64.7 Å². The molecule has 0 radical (unpaired) electrons. The van der Waals surface area contributed by atoms with Crippen LogP contribution in [0, 0.1) is 6.92 Å². The van der Waals surface area contributed by atoms with Crippen molar-refractivity contribution in [3.63, 3.8) is 0 Å². The molecule has 0 atom stereocenters. The standard InChI is InChI=1S/C20H23ClN2O2/c1-15-10-11-18(13-19(15)21)22-20(25)14-23(16(2)24)12-6-9-17-7-4-3-5-8-17/h3-5,7-8,10-11,13H,6,9,12,14H2,1-2H3,(H,22,25). The third-order valence-electron chi connectivity index (χ3n) is 3.97. The first-order valence-corrected chi connectivity index (χ1v) is 8.69. The van der Waals surface area contributed by atoms with E-state index in [1.165, 1.54) is 12.5 Å². The van der Waals surface area contributed by atoms with E-state index in [-0.39, 0.29) is 18.4 Å². The average Bonchev–Trinajstić information content (AvgIpc) is 2.58. The number of amides is 2. The monoisotopic (exact) mass is 358 g/mol. The molecule has 4 nitrogen and oxygen atoms in total. The van der Waals surface area contributed by atoms with Gasteiger partial charge in [-0.2, -0.15) is 0 Å². The lowest BCUT2D eigenvalue weighted by Crippen LogP contribution is -2.37.